The van der Waals surface area contributed by atoms with Crippen molar-refractivity contribution in [1.29, 1.82) is 0 Å². The zero-order valence-electron chi connectivity index (χ0n) is 22.2. The number of amides is 1. The fourth-order valence-electron chi connectivity index (χ4n) is 4.82. The third kappa shape index (κ3) is 5.31. The van der Waals surface area contributed by atoms with E-state index in [0.29, 0.717) is 33.4 Å². The number of pyridine rings is 1. The van der Waals surface area contributed by atoms with E-state index >= 15 is 0 Å². The number of nitrogens with one attached hydrogen (secondary N) is 2. The molecule has 4 aromatic rings. The van der Waals surface area contributed by atoms with Gasteiger partial charge in [0.25, 0.3) is 0 Å². The van der Waals surface area contributed by atoms with Crippen molar-refractivity contribution in [2.75, 3.05) is 31.0 Å². The van der Waals surface area contributed by atoms with Crippen molar-refractivity contribution in [1.82, 2.24) is 10.3 Å². The number of thiocarbonyl (C=S) groups is 1. The molecule has 0 radical (unpaired) electrons. The predicted molar refractivity (Wildman–Crippen MR) is 155 cm³/mol. The summed E-state index contributed by atoms with van der Waals surface area (Å²) in [5, 5.41) is 6.78. The summed E-state index contributed by atoms with van der Waals surface area (Å²) in [5.74, 6) is 0.479. The molecule has 1 amide bonds. The summed E-state index contributed by atoms with van der Waals surface area (Å²) in [7, 11) is 2.83. The van der Waals surface area contributed by atoms with E-state index in [1.165, 1.54) is 14.2 Å². The van der Waals surface area contributed by atoms with Crippen LogP contribution in [-0.2, 0) is 14.3 Å². The Kier molecular flexibility index (Phi) is 7.90. The van der Waals surface area contributed by atoms with Gasteiger partial charge in [0, 0.05) is 30.2 Å². The molecule has 9 nitrogen and oxygen atoms in total. The highest BCUT2D eigenvalue weighted by molar-refractivity contribution is 7.80. The maximum absolute atomic E-state index is 12.4. The Labute approximate surface area is 237 Å². The Balaban J connectivity index is 1.56. The van der Waals surface area contributed by atoms with Gasteiger partial charge in [-0.3, -0.25) is 9.78 Å². The van der Waals surface area contributed by atoms with Gasteiger partial charge in [0.1, 0.15) is 24.2 Å². The number of aryl methyl sites for hydroxylation is 1. The number of furan rings is 1. The van der Waals surface area contributed by atoms with E-state index in [1.54, 1.807) is 18.3 Å². The van der Waals surface area contributed by atoms with Crippen LogP contribution in [0, 0.1) is 6.92 Å². The number of esters is 1. The molecule has 0 unspecified atom stereocenters. The number of benzene rings is 2. The van der Waals surface area contributed by atoms with Gasteiger partial charge in [0.05, 0.1) is 24.4 Å². The molecule has 0 spiro atoms. The van der Waals surface area contributed by atoms with Gasteiger partial charge in [-0.1, -0.05) is 24.3 Å². The molecular formula is C30H28N4O5S. The SMILES string of the molecule is COCC(=O)Nc1ccc(N2C(=S)N[C@H](c3ccccn3)[C@H]2c2ccc(-c3ccccc3C(=O)OC)o2)cc1C. The Morgan fingerprint density at radius 3 is 2.60 bits per heavy atom. The summed E-state index contributed by atoms with van der Waals surface area (Å²) in [6, 6.07) is 21.6. The lowest BCUT2D eigenvalue weighted by Crippen LogP contribution is -2.29. The molecule has 0 aliphatic carbocycles. The highest BCUT2D eigenvalue weighted by Crippen LogP contribution is 2.43. The van der Waals surface area contributed by atoms with Crippen LogP contribution in [0.5, 0.6) is 0 Å². The van der Waals surface area contributed by atoms with Crippen molar-refractivity contribution in [3.63, 3.8) is 0 Å². The second-order valence-corrected chi connectivity index (χ2v) is 9.60. The number of methoxy groups -OCH3 is 2. The Morgan fingerprint density at radius 2 is 1.88 bits per heavy atom. The topological polar surface area (TPSA) is 106 Å². The number of rotatable bonds is 8. The van der Waals surface area contributed by atoms with Gasteiger partial charge in [0.15, 0.2) is 5.11 Å². The molecule has 10 heteroatoms. The van der Waals surface area contributed by atoms with Crippen LogP contribution >= 0.6 is 12.2 Å². The summed E-state index contributed by atoms with van der Waals surface area (Å²) in [6.45, 7) is 1.88. The van der Waals surface area contributed by atoms with Crippen molar-refractivity contribution in [2.24, 2.45) is 0 Å². The van der Waals surface area contributed by atoms with Crippen LogP contribution in [-0.4, -0.2) is 42.8 Å². The smallest absolute Gasteiger partial charge is 0.338 e. The number of anilines is 2. The molecule has 2 aromatic heterocycles. The molecule has 1 fully saturated rings. The van der Waals surface area contributed by atoms with Crippen molar-refractivity contribution in [2.45, 2.75) is 19.0 Å². The molecule has 1 aliphatic heterocycles. The molecule has 1 aliphatic rings. The third-order valence-corrected chi connectivity index (χ3v) is 6.97. The first-order chi connectivity index (χ1) is 19.4. The molecule has 1 saturated heterocycles. The summed E-state index contributed by atoms with van der Waals surface area (Å²) in [4.78, 5) is 31.1. The normalized spacial score (nSPS) is 16.5. The standard InChI is InChI=1S/C30H28N4O5S/c1-18-16-19(11-12-22(18)32-26(35)17-37-2)34-28(27(33-30(34)40)23-10-6-7-15-31-23)25-14-13-24(39-25)20-8-4-5-9-21(20)29(36)38-3/h4-16,27-28H,17H2,1-3H3,(H,32,35)(H,33,40)/t27-,28-/m1/s1. The van der Waals surface area contributed by atoms with E-state index in [2.05, 4.69) is 15.6 Å². The molecule has 0 bridgehead atoms. The third-order valence-electron chi connectivity index (χ3n) is 6.65. The number of ether oxygens (including phenoxy) is 2. The minimum Gasteiger partial charge on any atom is -0.465 e. The fourth-order valence-corrected chi connectivity index (χ4v) is 5.17. The van der Waals surface area contributed by atoms with Gasteiger partial charge < -0.3 is 29.4 Å². The van der Waals surface area contributed by atoms with Crippen LogP contribution in [0.3, 0.4) is 0 Å². The van der Waals surface area contributed by atoms with E-state index in [4.69, 9.17) is 26.1 Å². The Hall–Kier alpha value is -4.54. The highest BCUT2D eigenvalue weighted by atomic mass is 32.1. The average Bonchev–Trinajstić information content (AvgIpc) is 3.59. The first-order valence-corrected chi connectivity index (χ1v) is 13.0. The molecule has 0 saturated carbocycles. The minimum atomic E-state index is -0.446. The number of hydrogen-bond acceptors (Lipinski definition) is 7. The average molecular weight is 557 g/mol. The Morgan fingerprint density at radius 1 is 1.07 bits per heavy atom. The van der Waals surface area contributed by atoms with Crippen molar-refractivity contribution in [3.8, 4) is 11.3 Å². The fraction of sp³-hybridized carbons (Fsp3) is 0.200. The number of hydrogen-bond donors (Lipinski definition) is 2. The summed E-state index contributed by atoms with van der Waals surface area (Å²) in [6.07, 6.45) is 1.74. The van der Waals surface area contributed by atoms with Crippen LogP contribution < -0.4 is 15.5 Å². The number of carbonyl (C=O) groups excluding carboxylic acids is 2. The second kappa shape index (κ2) is 11.7. The van der Waals surface area contributed by atoms with E-state index < -0.39 is 12.0 Å². The van der Waals surface area contributed by atoms with Gasteiger partial charge in [0.2, 0.25) is 5.91 Å². The van der Waals surface area contributed by atoms with E-state index in [-0.39, 0.29) is 18.6 Å². The molecule has 40 heavy (non-hydrogen) atoms. The van der Waals surface area contributed by atoms with Crippen LogP contribution in [0.25, 0.3) is 11.3 Å². The molecule has 2 N–H and O–H groups in total. The van der Waals surface area contributed by atoms with Gasteiger partial charge in [-0.05, 0) is 73.2 Å². The summed E-state index contributed by atoms with van der Waals surface area (Å²) in [5.41, 5.74) is 4.19. The second-order valence-electron chi connectivity index (χ2n) is 9.22. The minimum absolute atomic E-state index is 0.0327. The maximum Gasteiger partial charge on any atom is 0.338 e. The Bertz CT molecular complexity index is 1550. The van der Waals surface area contributed by atoms with Gasteiger partial charge >= 0.3 is 5.97 Å². The van der Waals surface area contributed by atoms with Gasteiger partial charge in [-0.15, -0.1) is 0 Å². The largest absolute Gasteiger partial charge is 0.465 e. The quantitative estimate of drug-likeness (QED) is 0.224. The first kappa shape index (κ1) is 27.0. The van der Waals surface area contributed by atoms with E-state index in [1.807, 2.05) is 72.5 Å². The van der Waals surface area contributed by atoms with Crippen molar-refractivity contribution < 1.29 is 23.5 Å². The number of carbonyl (C=O) groups is 2. The van der Waals surface area contributed by atoms with Crippen LogP contribution in [0.2, 0.25) is 0 Å². The lowest BCUT2D eigenvalue weighted by Gasteiger charge is -2.27. The molecule has 5 rings (SSSR count). The number of nitrogens with zero attached hydrogens (tertiary/aromatic N) is 2. The maximum atomic E-state index is 12.4. The highest BCUT2D eigenvalue weighted by Gasteiger charge is 2.42. The van der Waals surface area contributed by atoms with Gasteiger partial charge in [-0.2, -0.15) is 0 Å². The molecule has 2 aromatic carbocycles. The van der Waals surface area contributed by atoms with Crippen molar-refractivity contribution >= 4 is 40.6 Å². The van der Waals surface area contributed by atoms with Crippen LogP contribution in [0.4, 0.5) is 11.4 Å². The number of aromatic nitrogens is 1. The predicted octanol–water partition coefficient (Wildman–Crippen LogP) is 5.20. The van der Waals surface area contributed by atoms with E-state index in [9.17, 15) is 9.59 Å². The first-order valence-electron chi connectivity index (χ1n) is 12.6. The van der Waals surface area contributed by atoms with Gasteiger partial charge in [-0.25, -0.2) is 4.79 Å². The van der Waals surface area contributed by atoms with Crippen LogP contribution in [0.1, 0.15) is 39.5 Å². The van der Waals surface area contributed by atoms with Crippen LogP contribution in [0.15, 0.2) is 83.4 Å². The molecule has 204 valence electrons. The lowest BCUT2D eigenvalue weighted by atomic mass is 10.0. The molecular weight excluding hydrogens is 528 g/mol. The van der Waals surface area contributed by atoms with Crippen molar-refractivity contribution in [3.05, 3.63) is 102 Å². The zero-order valence-corrected chi connectivity index (χ0v) is 23.0. The molecule has 3 heterocycles. The van der Waals surface area contributed by atoms with E-state index in [0.717, 1.165) is 16.9 Å². The lowest BCUT2D eigenvalue weighted by molar-refractivity contribution is -0.119. The zero-order chi connectivity index (χ0) is 28.2. The summed E-state index contributed by atoms with van der Waals surface area (Å²) >= 11 is 5.83. The summed E-state index contributed by atoms with van der Waals surface area (Å²) < 4.78 is 16.3. The molecule has 2 atom stereocenters. The monoisotopic (exact) mass is 556 g/mol.